The first kappa shape index (κ1) is 4.88. The first-order valence-electron chi connectivity index (χ1n) is 6.32. The third kappa shape index (κ3) is 2.08. The van der Waals surface area contributed by atoms with E-state index in [-0.39, 0.29) is 31.5 Å². The Kier molecular flexibility index (Phi) is 1.64. The van der Waals surface area contributed by atoms with Crippen LogP contribution in [0.15, 0.2) is 36.5 Å². The van der Waals surface area contributed by atoms with Gasteiger partial charge in [0.2, 0.25) is 5.69 Å². The van der Waals surface area contributed by atoms with Crippen LogP contribution in [0.4, 0.5) is 5.69 Å². The topological polar surface area (TPSA) is 22.2 Å². The maximum Gasteiger partial charge on any atom is 0.224 e. The number of aromatic nitrogens is 2. The van der Waals surface area contributed by atoms with Crippen LogP contribution in [0.1, 0.15) is 8.22 Å². The van der Waals surface area contributed by atoms with Crippen molar-refractivity contribution in [2.45, 2.75) is 0 Å². The zero-order valence-corrected chi connectivity index (χ0v) is 9.07. The van der Waals surface area contributed by atoms with Crippen LogP contribution >= 0.6 is 0 Å². The molecule has 0 bridgehead atoms. The molecule has 2 rings (SSSR count). The summed E-state index contributed by atoms with van der Waals surface area (Å²) < 4.78 is 46.0. The first-order chi connectivity index (χ1) is 8.88. The van der Waals surface area contributed by atoms with Crippen molar-refractivity contribution in [1.82, 2.24) is 9.78 Å². The summed E-state index contributed by atoms with van der Waals surface area (Å²) in [6.07, 6.45) is -0.818. The maximum atomic E-state index is 7.70. The van der Waals surface area contributed by atoms with Gasteiger partial charge >= 0.3 is 0 Å². The molecule has 0 saturated heterocycles. The average Bonchev–Trinajstić information content (AvgIpc) is 2.66. The van der Waals surface area contributed by atoms with Crippen molar-refractivity contribution >= 4 is 5.69 Å². The number of hydrogen-bond acceptors (Lipinski definition) is 1. The summed E-state index contributed by atoms with van der Waals surface area (Å²) in [5.41, 5.74) is -0.458. The zero-order valence-electron chi connectivity index (χ0n) is 12.7. The molecule has 3 nitrogen and oxygen atoms in total. The van der Waals surface area contributed by atoms with Crippen LogP contribution in [-0.4, -0.2) is 9.78 Å². The molecule has 0 N–H and O–H groups in total. The molecule has 4 heteroatoms. The van der Waals surface area contributed by atoms with E-state index < -0.39 is 36.5 Å². The van der Waals surface area contributed by atoms with E-state index in [4.69, 9.17) is 14.8 Å². The Morgan fingerprint density at radius 2 is 2.43 bits per heavy atom. The largest absolute Gasteiger partial charge is 0.277 e. The van der Waals surface area contributed by atoms with Gasteiger partial charge < -0.3 is 0 Å². The summed E-state index contributed by atoms with van der Waals surface area (Å²) in [4.78, 5) is 2.99. The number of nitrogens with zero attached hydrogens (tertiary/aromatic N) is 3. The Balaban J connectivity index is 0.00000200. The van der Waals surface area contributed by atoms with E-state index >= 15 is 0 Å². The molecule has 14 heavy (non-hydrogen) atoms. The van der Waals surface area contributed by atoms with Crippen LogP contribution in [0.25, 0.3) is 10.5 Å². The Morgan fingerprint density at radius 1 is 1.57 bits per heavy atom. The molecule has 1 aromatic carbocycles. The van der Waals surface area contributed by atoms with Gasteiger partial charge in [0.1, 0.15) is 0 Å². The Labute approximate surface area is 104 Å². The summed E-state index contributed by atoms with van der Waals surface area (Å²) in [7, 11) is 0. The molecule has 0 aliphatic carbocycles. The van der Waals surface area contributed by atoms with Crippen molar-refractivity contribution in [2.75, 3.05) is 0 Å². The van der Waals surface area contributed by atoms with Gasteiger partial charge in [-0.2, -0.15) is 29.3 Å². The van der Waals surface area contributed by atoms with E-state index in [9.17, 15) is 0 Å². The predicted molar refractivity (Wildman–Crippen MR) is 48.7 cm³/mol. The van der Waals surface area contributed by atoms with Crippen molar-refractivity contribution in [3.63, 3.8) is 0 Å². The van der Waals surface area contributed by atoms with Crippen molar-refractivity contribution in [3.8, 4) is 5.69 Å². The fraction of sp³-hybridized carbons (Fsp3) is 0. The Morgan fingerprint density at radius 3 is 3.14 bits per heavy atom. The van der Waals surface area contributed by atoms with Gasteiger partial charge in [-0.25, -0.2) is 4.85 Å². The van der Waals surface area contributed by atoms with Crippen molar-refractivity contribution in [1.29, 1.82) is 0 Å². The summed E-state index contributed by atoms with van der Waals surface area (Å²) >= 11 is 0. The molecule has 0 aliphatic rings. The average molecular weight is 366 g/mol. The van der Waals surface area contributed by atoms with E-state index in [0.717, 1.165) is 4.68 Å². The van der Waals surface area contributed by atoms with Crippen LogP contribution in [0.2, 0.25) is 0 Å². The fourth-order valence-corrected chi connectivity index (χ4v) is 0.753. The third-order valence-electron chi connectivity index (χ3n) is 1.28. The molecular weight excluding hydrogens is 354 g/mol. The Bertz CT molecular complexity index is 721. The molecule has 0 fully saturated rings. The van der Waals surface area contributed by atoms with Gasteiger partial charge in [0, 0.05) is 29.0 Å². The van der Waals surface area contributed by atoms with Gasteiger partial charge in [-0.05, 0) is 8.43 Å². The van der Waals surface area contributed by atoms with Gasteiger partial charge in [-0.3, -0.25) is 4.68 Å². The van der Waals surface area contributed by atoms with Crippen molar-refractivity contribution < 1.29 is 28.3 Å². The molecule has 71 valence electrons. The summed E-state index contributed by atoms with van der Waals surface area (Å²) in [6.45, 7) is 6.84. The van der Waals surface area contributed by atoms with E-state index in [1.165, 1.54) is 0 Å². The van der Waals surface area contributed by atoms with Crippen LogP contribution < -0.4 is 0 Å². The minimum atomic E-state index is -0.482. The maximum absolute atomic E-state index is 7.70. The second-order valence-corrected chi connectivity index (χ2v) is 2.07. The molecule has 1 radical (unpaired) electrons. The van der Waals surface area contributed by atoms with Crippen molar-refractivity contribution in [3.05, 3.63) is 54.0 Å². The molecule has 0 atom stereocenters. The third-order valence-corrected chi connectivity index (χ3v) is 1.28. The van der Waals surface area contributed by atoms with E-state index in [1.807, 2.05) is 0 Å². The number of benzene rings is 1. The van der Waals surface area contributed by atoms with Gasteiger partial charge in [0.25, 0.3) is 0 Å². The SMILES string of the molecule is [2H]c1[c-]c(-n2nc([2H])c([N+]#[C-])c2[2H])c([2H])c([2H])c1[2H].[Ir]. The van der Waals surface area contributed by atoms with E-state index in [2.05, 4.69) is 16.0 Å². The monoisotopic (exact) mass is 367 g/mol. The first-order valence-corrected chi connectivity index (χ1v) is 3.32. The van der Waals surface area contributed by atoms with Gasteiger partial charge in [-0.1, -0.05) is 0 Å². The van der Waals surface area contributed by atoms with Crippen molar-refractivity contribution in [2.24, 2.45) is 0 Å². The summed E-state index contributed by atoms with van der Waals surface area (Å²) in [6, 6.07) is 0.626. The minimum absolute atomic E-state index is 0. The summed E-state index contributed by atoms with van der Waals surface area (Å²) in [5, 5.41) is 3.63. The second kappa shape index (κ2) is 4.71. The molecular formula is C10H6IrN3-. The molecule has 1 heterocycles. The van der Waals surface area contributed by atoms with Crippen LogP contribution in [0, 0.1) is 12.6 Å². The summed E-state index contributed by atoms with van der Waals surface area (Å²) in [5.74, 6) is 0. The number of rotatable bonds is 1. The van der Waals surface area contributed by atoms with Gasteiger partial charge in [0.05, 0.1) is 15.5 Å². The second-order valence-electron chi connectivity index (χ2n) is 2.07. The predicted octanol–water partition coefficient (Wildman–Crippen LogP) is 2.22. The smallest absolute Gasteiger partial charge is 0.224 e. The fourth-order valence-electron chi connectivity index (χ4n) is 0.753. The molecule has 0 aliphatic heterocycles. The minimum Gasteiger partial charge on any atom is -0.277 e. The van der Waals surface area contributed by atoms with E-state index in [0.29, 0.717) is 0 Å². The number of para-hydroxylation sites is 1. The van der Waals surface area contributed by atoms with E-state index in [1.54, 1.807) is 0 Å². The molecule has 0 unspecified atom stereocenters. The molecule has 1 aromatic heterocycles. The molecule has 0 spiro atoms. The van der Waals surface area contributed by atoms with Gasteiger partial charge in [-0.15, -0.1) is 6.04 Å². The van der Waals surface area contributed by atoms with Crippen LogP contribution in [0.3, 0.4) is 0 Å². The standard InChI is InChI=1S/C10H6N3.Ir/c1-11-9-7-12-13(8-9)10-5-3-2-4-6-10;/h2-5,7-8H;/q-1;/i2D,3D,4D,5D,7D,8D;. The quantitative estimate of drug-likeness (QED) is 0.710. The molecule has 2 aromatic rings. The molecule has 0 amide bonds. The number of hydrogen-bond donors (Lipinski definition) is 0. The van der Waals surface area contributed by atoms with Crippen LogP contribution in [-0.2, 0) is 20.1 Å². The van der Waals surface area contributed by atoms with Crippen LogP contribution in [0.5, 0.6) is 0 Å². The zero-order chi connectivity index (χ0) is 14.3. The normalized spacial score (nSPS) is 14.8. The Hall–Kier alpha value is -1.43. The van der Waals surface area contributed by atoms with Gasteiger partial charge in [0.15, 0.2) is 0 Å². The molecule has 0 saturated carbocycles.